The first-order chi connectivity index (χ1) is 53.2. The fourth-order valence-electron chi connectivity index (χ4n) is 13.6. The number of nitrogens with zero attached hydrogens (tertiary/aromatic N) is 15. The van der Waals surface area contributed by atoms with Crippen molar-refractivity contribution in [1.29, 1.82) is 0 Å². The highest BCUT2D eigenvalue weighted by molar-refractivity contribution is 5.98. The summed E-state index contributed by atoms with van der Waals surface area (Å²) in [7, 11) is 1.57. The predicted octanol–water partition coefficient (Wildman–Crippen LogP) is 9.88. The second-order valence-corrected chi connectivity index (χ2v) is 26.7. The Balaban J connectivity index is 0.548. The van der Waals surface area contributed by atoms with Gasteiger partial charge in [-0.1, -0.05) is 97.0 Å². The van der Waals surface area contributed by atoms with Gasteiger partial charge in [-0.25, -0.2) is 44.9 Å². The van der Waals surface area contributed by atoms with Crippen molar-refractivity contribution in [3.05, 3.63) is 256 Å². The van der Waals surface area contributed by atoms with E-state index in [9.17, 15) is 19.5 Å². The van der Waals surface area contributed by atoms with Crippen molar-refractivity contribution in [2.45, 2.75) is 33.7 Å². The lowest BCUT2D eigenvalue weighted by molar-refractivity contribution is 0.0611. The molecule has 3 saturated heterocycles. The lowest BCUT2D eigenvalue weighted by Gasteiger charge is -2.36. The summed E-state index contributed by atoms with van der Waals surface area (Å²) in [6, 6.07) is 46.3. The second kappa shape index (κ2) is 33.5. The van der Waals surface area contributed by atoms with E-state index in [0.29, 0.717) is 175 Å². The van der Waals surface area contributed by atoms with Gasteiger partial charge < -0.3 is 46.2 Å². The SMILES string of the molecule is CCc1ncnc(-c2ccc(C(=O)N3CCN(Cc4cccc(Nc5ccc(C#Cc6c(C)ncnc6-c6ccc(C(=O)N7CCN(c8ccc(-c9cc(C#Cc%10c(C)ncnc%10-c%10ccc(C(=O)N%11CCN(CCO)CC%11)cc%10)cnc9N)cc8)CC7)cc6)cn5)c4)CC3)c(OC)c2)c1C#Cc1ccc(N)nc1. The minimum Gasteiger partial charge on any atom is -0.496 e. The van der Waals surface area contributed by atoms with Crippen molar-refractivity contribution >= 4 is 46.5 Å². The van der Waals surface area contributed by atoms with Crippen LogP contribution < -0.4 is 26.4 Å². The average Bonchev–Trinajstić information content (AvgIpc) is 0.803. The van der Waals surface area contributed by atoms with Crippen LogP contribution in [0.4, 0.5) is 28.8 Å². The van der Waals surface area contributed by atoms with Gasteiger partial charge in [0.05, 0.1) is 70.1 Å². The topological polar surface area (TPSA) is 280 Å². The number of aromatic nitrogens is 9. The number of hydrogen-bond acceptors (Lipinski definition) is 20. The molecule has 3 aliphatic heterocycles. The summed E-state index contributed by atoms with van der Waals surface area (Å²) in [5, 5.41) is 12.8. The van der Waals surface area contributed by atoms with Gasteiger partial charge in [-0.15, -0.1) is 0 Å². The molecular formula is C86H80N18O5. The van der Waals surface area contributed by atoms with E-state index in [1.54, 1.807) is 37.8 Å². The highest BCUT2D eigenvalue weighted by atomic mass is 16.5. The molecule has 14 rings (SSSR count). The maximum atomic E-state index is 14.1. The molecule has 0 radical (unpaired) electrons. The van der Waals surface area contributed by atoms with Crippen LogP contribution in [0.1, 0.15) is 94.0 Å². The summed E-state index contributed by atoms with van der Waals surface area (Å²) >= 11 is 0. The first-order valence-corrected chi connectivity index (χ1v) is 36.2. The summed E-state index contributed by atoms with van der Waals surface area (Å²) in [6.45, 7) is 14.9. The molecule has 3 fully saturated rings. The van der Waals surface area contributed by atoms with Crippen LogP contribution in [0.3, 0.4) is 0 Å². The van der Waals surface area contributed by atoms with Crippen molar-refractivity contribution < 1.29 is 24.2 Å². The fraction of sp³-hybridized carbons (Fsp3) is 0.233. The number of anilines is 5. The van der Waals surface area contributed by atoms with Crippen LogP contribution in [0.2, 0.25) is 0 Å². The van der Waals surface area contributed by atoms with Crippen LogP contribution in [0.15, 0.2) is 183 Å². The van der Waals surface area contributed by atoms with Crippen LogP contribution in [-0.4, -0.2) is 191 Å². The van der Waals surface area contributed by atoms with E-state index in [4.69, 9.17) is 21.2 Å². The quantitative estimate of drug-likeness (QED) is 0.0655. The van der Waals surface area contributed by atoms with E-state index < -0.39 is 0 Å². The number of piperazine rings is 3. The molecule has 0 unspecified atom stereocenters. The predicted molar refractivity (Wildman–Crippen MR) is 421 cm³/mol. The molecule has 6 N–H and O–H groups in total. The molecule has 3 amide bonds. The van der Waals surface area contributed by atoms with E-state index in [1.807, 2.05) is 145 Å². The number of benzene rings is 5. The van der Waals surface area contributed by atoms with E-state index in [-0.39, 0.29) is 24.3 Å². The second-order valence-electron chi connectivity index (χ2n) is 26.7. The normalized spacial score (nSPS) is 13.8. The molecule has 9 heterocycles. The molecule has 109 heavy (non-hydrogen) atoms. The summed E-state index contributed by atoms with van der Waals surface area (Å²) in [5.41, 5.74) is 29.4. The third-order valence-corrected chi connectivity index (χ3v) is 19.8. The van der Waals surface area contributed by atoms with Crippen LogP contribution in [-0.2, 0) is 13.0 Å². The number of carbonyl (C=O) groups excluding carboxylic acids is 3. The molecule has 0 spiro atoms. The number of aliphatic hydroxyl groups excluding tert-OH is 1. The van der Waals surface area contributed by atoms with Gasteiger partial charge in [-0.2, -0.15) is 0 Å². The number of amides is 3. The molecule has 23 nitrogen and oxygen atoms in total. The zero-order valence-electron chi connectivity index (χ0n) is 61.1. The number of β-amino-alcohol motifs (C(OH)–C–C–N with tert-alkyl or cyclic N) is 1. The highest BCUT2D eigenvalue weighted by Crippen LogP contribution is 2.33. The van der Waals surface area contributed by atoms with Crippen molar-refractivity contribution in [2.24, 2.45) is 0 Å². The maximum Gasteiger partial charge on any atom is 0.257 e. The minimum atomic E-state index is -0.0941. The largest absolute Gasteiger partial charge is 0.496 e. The number of carbonyl (C=O) groups is 3. The zero-order valence-corrected chi connectivity index (χ0v) is 61.1. The van der Waals surface area contributed by atoms with Crippen molar-refractivity contribution in [1.82, 2.24) is 69.4 Å². The molecule has 3 aliphatic rings. The van der Waals surface area contributed by atoms with Gasteiger partial charge in [0.1, 0.15) is 42.2 Å². The highest BCUT2D eigenvalue weighted by Gasteiger charge is 2.28. The first-order valence-electron chi connectivity index (χ1n) is 36.2. The first kappa shape index (κ1) is 72.7. The molecule has 6 aromatic heterocycles. The zero-order chi connectivity index (χ0) is 75.3. The molecular weight excluding hydrogens is 1370 g/mol. The molecule has 0 aliphatic carbocycles. The number of rotatable bonds is 16. The van der Waals surface area contributed by atoms with Gasteiger partial charge in [0.2, 0.25) is 0 Å². The van der Waals surface area contributed by atoms with E-state index in [2.05, 4.69) is 120 Å². The molecule has 23 heteroatoms. The lowest BCUT2D eigenvalue weighted by atomic mass is 10.0. The molecule has 544 valence electrons. The molecule has 11 aromatic rings. The summed E-state index contributed by atoms with van der Waals surface area (Å²) in [6.07, 6.45) is 10.3. The van der Waals surface area contributed by atoms with Gasteiger partial charge in [0, 0.05) is 172 Å². The molecule has 0 atom stereocenters. The van der Waals surface area contributed by atoms with E-state index in [0.717, 1.165) is 74.9 Å². The minimum absolute atomic E-state index is 0.0216. The monoisotopic (exact) mass is 1440 g/mol. The van der Waals surface area contributed by atoms with Crippen molar-refractivity contribution in [3.8, 4) is 86.2 Å². The van der Waals surface area contributed by atoms with Gasteiger partial charge in [-0.3, -0.25) is 24.2 Å². The molecule has 0 bridgehead atoms. The van der Waals surface area contributed by atoms with Gasteiger partial charge in [-0.05, 0) is 122 Å². The Morgan fingerprint density at radius 3 is 1.61 bits per heavy atom. The summed E-state index contributed by atoms with van der Waals surface area (Å²) in [5.74, 6) is 21.4. The van der Waals surface area contributed by atoms with E-state index >= 15 is 0 Å². The third-order valence-electron chi connectivity index (χ3n) is 19.8. The number of nitrogens with two attached hydrogens (primary N) is 2. The third kappa shape index (κ3) is 17.0. The Bertz CT molecular complexity index is 5370. The van der Waals surface area contributed by atoms with Crippen LogP contribution in [0.5, 0.6) is 5.75 Å². The van der Waals surface area contributed by atoms with Gasteiger partial charge >= 0.3 is 0 Å². The Labute approximate surface area is 633 Å². The summed E-state index contributed by atoms with van der Waals surface area (Å²) in [4.78, 5) is 94.6. The molecule has 5 aromatic carbocycles. The van der Waals surface area contributed by atoms with Crippen LogP contribution in [0, 0.1) is 49.4 Å². The number of nitrogen functional groups attached to an aromatic ring is 2. The Morgan fingerprint density at radius 2 is 1.03 bits per heavy atom. The molecule has 0 saturated carbocycles. The maximum absolute atomic E-state index is 14.1. The number of nitrogens with one attached hydrogen (secondary N) is 1. The van der Waals surface area contributed by atoms with Gasteiger partial charge in [0.25, 0.3) is 17.7 Å². The standard InChI is InChI=1S/C86H80N18O5/c1-5-76-73(29-10-59-12-31-78(87)89-50-59)82(97-56-94-76)68-24-30-74(77(49-68)109-4)86(108)104-39-35-100(36-40-104)53-62-7-6-8-69(47-62)98-79-32-13-60(51-90-79)9-27-71-57(2)92-54-95-80(71)64-16-20-67(21-17-64)85(107)103-43-41-101(42-44-103)70-25-22-63(23-26-70)75-48-61(52-91-83(75)88)11-28-72-58(3)93-55-96-81(72)65-14-18-66(19-15-65)84(106)102-37-33-99(34-38-102)45-46-105/h6-8,12-26,30-32,47-52,54-56,105H,5,33-46,53H2,1-4H3,(H2,87,89)(H2,88,91)(H,90,98). The Kier molecular flexibility index (Phi) is 22.3. The average molecular weight is 1450 g/mol. The number of ether oxygens (including phenoxy) is 1. The Morgan fingerprint density at radius 1 is 0.495 bits per heavy atom. The number of hydrogen-bond donors (Lipinski definition) is 4. The smallest absolute Gasteiger partial charge is 0.257 e. The van der Waals surface area contributed by atoms with Crippen molar-refractivity contribution in [3.63, 3.8) is 0 Å². The van der Waals surface area contributed by atoms with Gasteiger partial charge in [0.15, 0.2) is 0 Å². The van der Waals surface area contributed by atoms with Crippen LogP contribution in [0.25, 0.3) is 44.9 Å². The van der Waals surface area contributed by atoms with Crippen molar-refractivity contribution in [2.75, 3.05) is 120 Å². The number of aliphatic hydroxyl groups is 1. The number of methoxy groups -OCH3 is 1. The Hall–Kier alpha value is -13.2. The number of pyridine rings is 3. The lowest BCUT2D eigenvalue weighted by Crippen LogP contribution is -2.49. The van der Waals surface area contributed by atoms with Crippen LogP contribution >= 0.6 is 0 Å². The summed E-state index contributed by atoms with van der Waals surface area (Å²) < 4.78 is 5.83. The van der Waals surface area contributed by atoms with E-state index in [1.165, 1.54) is 19.0 Å². The fourth-order valence-corrected chi connectivity index (χ4v) is 13.6. The number of aryl methyl sites for hydroxylation is 3.